The van der Waals surface area contributed by atoms with Gasteiger partial charge in [-0.1, -0.05) is 0 Å². The first kappa shape index (κ1) is 7.88. The van der Waals surface area contributed by atoms with E-state index in [1.54, 1.807) is 18.8 Å². The van der Waals surface area contributed by atoms with Crippen molar-refractivity contribution in [1.82, 2.24) is 10.6 Å². The van der Waals surface area contributed by atoms with E-state index in [2.05, 4.69) is 17.6 Å². The maximum atomic E-state index is 11.0. The number of hydrogen-bond acceptors (Lipinski definition) is 3. The smallest absolute Gasteiger partial charge is 0.237 e. The molecule has 2 N–H and O–H groups in total. The average Bonchev–Trinajstić information content (AvgIpc) is 2.34. The van der Waals surface area contributed by atoms with Crippen molar-refractivity contribution in [3.63, 3.8) is 0 Å². The van der Waals surface area contributed by atoms with Crippen LogP contribution in [0.1, 0.15) is 6.92 Å². The van der Waals surface area contributed by atoms with Crippen LogP contribution < -0.4 is 10.6 Å². The molecule has 1 fully saturated rings. The van der Waals surface area contributed by atoms with Crippen LogP contribution >= 0.6 is 11.8 Å². The van der Waals surface area contributed by atoms with Gasteiger partial charge in [0.2, 0.25) is 5.91 Å². The summed E-state index contributed by atoms with van der Waals surface area (Å²) in [7, 11) is 1.66. The average molecular weight is 160 g/mol. The number of amides is 1. The fourth-order valence-corrected chi connectivity index (χ4v) is 1.93. The van der Waals surface area contributed by atoms with Crippen LogP contribution in [0.25, 0.3) is 0 Å². The Morgan fingerprint density at radius 1 is 1.80 bits per heavy atom. The van der Waals surface area contributed by atoms with E-state index < -0.39 is 0 Å². The number of likely N-dealkylation sites (N-methyl/N-ethyl adjacent to an activating group) is 1. The third-order valence-corrected chi connectivity index (χ3v) is 2.67. The molecule has 1 rings (SSSR count). The molecule has 0 aromatic heterocycles. The molecule has 2 atom stereocenters. The molecule has 0 radical (unpaired) electrons. The zero-order valence-electron chi connectivity index (χ0n) is 6.18. The summed E-state index contributed by atoms with van der Waals surface area (Å²) in [5, 5.41) is 6.19. The second kappa shape index (κ2) is 3.25. The van der Waals surface area contributed by atoms with Gasteiger partial charge in [-0.25, -0.2) is 0 Å². The number of nitrogens with one attached hydrogen (secondary N) is 2. The molecule has 0 bridgehead atoms. The molecule has 0 saturated carbocycles. The Labute approximate surface area is 64.9 Å². The third-order valence-electron chi connectivity index (χ3n) is 1.51. The quantitative estimate of drug-likeness (QED) is 0.557. The summed E-state index contributed by atoms with van der Waals surface area (Å²) in [5.74, 6) is 0.984. The van der Waals surface area contributed by atoms with Gasteiger partial charge in [0.1, 0.15) is 0 Å². The molecule has 1 aliphatic rings. The van der Waals surface area contributed by atoms with Gasteiger partial charge in [0.25, 0.3) is 0 Å². The predicted octanol–water partition coefficient (Wildman–Crippen LogP) is -0.217. The van der Waals surface area contributed by atoms with Gasteiger partial charge in [-0.05, 0) is 6.92 Å². The number of thioether (sulfide) groups is 1. The summed E-state index contributed by atoms with van der Waals surface area (Å²) in [6, 6.07) is 0.0185. The SMILES string of the molecule is CNC(=O)C1CSC(C)N1. The maximum Gasteiger partial charge on any atom is 0.237 e. The van der Waals surface area contributed by atoms with Gasteiger partial charge in [0, 0.05) is 12.8 Å². The molecule has 0 aromatic carbocycles. The Morgan fingerprint density at radius 3 is 2.90 bits per heavy atom. The topological polar surface area (TPSA) is 41.1 Å². The molecule has 1 aliphatic heterocycles. The minimum atomic E-state index is 0.0185. The lowest BCUT2D eigenvalue weighted by atomic mass is 10.3. The van der Waals surface area contributed by atoms with E-state index in [1.807, 2.05) is 0 Å². The third kappa shape index (κ3) is 1.64. The van der Waals surface area contributed by atoms with E-state index in [0.717, 1.165) is 5.75 Å². The predicted molar refractivity (Wildman–Crippen MR) is 42.9 cm³/mol. The van der Waals surface area contributed by atoms with Crippen molar-refractivity contribution >= 4 is 17.7 Å². The standard InChI is InChI=1S/C6H12N2OS/c1-4-8-5(3-10-4)6(9)7-2/h4-5,8H,3H2,1-2H3,(H,7,9). The summed E-state index contributed by atoms with van der Waals surface area (Å²) >= 11 is 1.78. The highest BCUT2D eigenvalue weighted by molar-refractivity contribution is 8.00. The largest absolute Gasteiger partial charge is 0.358 e. The summed E-state index contributed by atoms with van der Waals surface area (Å²) in [5.41, 5.74) is 0. The molecule has 2 unspecified atom stereocenters. The normalized spacial score (nSPS) is 32.2. The Balaban J connectivity index is 2.37. The lowest BCUT2D eigenvalue weighted by Gasteiger charge is -2.07. The van der Waals surface area contributed by atoms with Crippen LogP contribution in [0.3, 0.4) is 0 Å². The minimum Gasteiger partial charge on any atom is -0.358 e. The summed E-state index contributed by atoms with van der Waals surface area (Å²) in [6.45, 7) is 2.06. The van der Waals surface area contributed by atoms with E-state index in [0.29, 0.717) is 5.37 Å². The number of hydrogen-bond donors (Lipinski definition) is 2. The van der Waals surface area contributed by atoms with Gasteiger partial charge < -0.3 is 5.32 Å². The first-order valence-corrected chi connectivity index (χ1v) is 4.38. The highest BCUT2D eigenvalue weighted by atomic mass is 32.2. The van der Waals surface area contributed by atoms with Crippen molar-refractivity contribution in [2.75, 3.05) is 12.8 Å². The van der Waals surface area contributed by atoms with E-state index in [4.69, 9.17) is 0 Å². The summed E-state index contributed by atoms with van der Waals surface area (Å²) < 4.78 is 0. The first-order valence-electron chi connectivity index (χ1n) is 3.33. The number of rotatable bonds is 1. The summed E-state index contributed by atoms with van der Waals surface area (Å²) in [6.07, 6.45) is 0. The lowest BCUT2D eigenvalue weighted by Crippen LogP contribution is -2.41. The molecule has 58 valence electrons. The Bertz CT molecular complexity index is 140. The molecule has 1 amide bonds. The highest BCUT2D eigenvalue weighted by Crippen LogP contribution is 2.17. The van der Waals surface area contributed by atoms with Gasteiger partial charge >= 0.3 is 0 Å². The Morgan fingerprint density at radius 2 is 2.50 bits per heavy atom. The van der Waals surface area contributed by atoms with Gasteiger partial charge in [-0.2, -0.15) is 0 Å². The van der Waals surface area contributed by atoms with Crippen LogP contribution in [0.4, 0.5) is 0 Å². The minimum absolute atomic E-state index is 0.0185. The molecule has 0 aromatic rings. The zero-order chi connectivity index (χ0) is 7.56. The van der Waals surface area contributed by atoms with E-state index in [9.17, 15) is 4.79 Å². The monoisotopic (exact) mass is 160 g/mol. The zero-order valence-corrected chi connectivity index (χ0v) is 6.99. The molecule has 10 heavy (non-hydrogen) atoms. The van der Waals surface area contributed by atoms with E-state index in [1.165, 1.54) is 0 Å². The van der Waals surface area contributed by atoms with Crippen molar-refractivity contribution in [2.24, 2.45) is 0 Å². The van der Waals surface area contributed by atoms with Crippen LogP contribution in [-0.4, -0.2) is 30.1 Å². The first-order chi connectivity index (χ1) is 4.74. The van der Waals surface area contributed by atoms with Gasteiger partial charge in [-0.3, -0.25) is 10.1 Å². The summed E-state index contributed by atoms with van der Waals surface area (Å²) in [4.78, 5) is 11.0. The van der Waals surface area contributed by atoms with E-state index in [-0.39, 0.29) is 11.9 Å². The van der Waals surface area contributed by atoms with Crippen LogP contribution in [0, 0.1) is 0 Å². The van der Waals surface area contributed by atoms with Gasteiger partial charge in [0.05, 0.1) is 11.4 Å². The van der Waals surface area contributed by atoms with Crippen molar-refractivity contribution in [2.45, 2.75) is 18.3 Å². The number of carbonyl (C=O) groups is 1. The molecule has 1 saturated heterocycles. The second-order valence-corrected chi connectivity index (χ2v) is 3.68. The van der Waals surface area contributed by atoms with Gasteiger partial charge in [0.15, 0.2) is 0 Å². The molecular formula is C6H12N2OS. The lowest BCUT2D eigenvalue weighted by molar-refractivity contribution is -0.122. The molecule has 0 aliphatic carbocycles. The van der Waals surface area contributed by atoms with E-state index >= 15 is 0 Å². The molecule has 0 spiro atoms. The number of carbonyl (C=O) groups excluding carboxylic acids is 1. The van der Waals surface area contributed by atoms with Crippen molar-refractivity contribution in [3.05, 3.63) is 0 Å². The van der Waals surface area contributed by atoms with Gasteiger partial charge in [-0.15, -0.1) is 11.8 Å². The fourth-order valence-electron chi connectivity index (χ4n) is 0.946. The second-order valence-electron chi connectivity index (χ2n) is 2.31. The molecule has 1 heterocycles. The van der Waals surface area contributed by atoms with Crippen LogP contribution in [0.15, 0.2) is 0 Å². The van der Waals surface area contributed by atoms with Crippen LogP contribution in [-0.2, 0) is 4.79 Å². The van der Waals surface area contributed by atoms with Crippen LogP contribution in [0.5, 0.6) is 0 Å². The highest BCUT2D eigenvalue weighted by Gasteiger charge is 2.25. The molecule has 4 heteroatoms. The van der Waals surface area contributed by atoms with Crippen molar-refractivity contribution in [1.29, 1.82) is 0 Å². The Hall–Kier alpha value is -0.220. The molecular weight excluding hydrogens is 148 g/mol. The van der Waals surface area contributed by atoms with Crippen molar-refractivity contribution in [3.8, 4) is 0 Å². The van der Waals surface area contributed by atoms with Crippen LogP contribution in [0.2, 0.25) is 0 Å². The molecule has 3 nitrogen and oxygen atoms in total. The fraction of sp³-hybridized carbons (Fsp3) is 0.833. The Kier molecular flexibility index (Phi) is 2.56. The van der Waals surface area contributed by atoms with Crippen molar-refractivity contribution < 1.29 is 4.79 Å². The maximum absolute atomic E-state index is 11.0.